The summed E-state index contributed by atoms with van der Waals surface area (Å²) >= 11 is 3.32. The highest BCUT2D eigenvalue weighted by atomic mass is 79.9. The van der Waals surface area contributed by atoms with E-state index in [0.29, 0.717) is 17.3 Å². The van der Waals surface area contributed by atoms with Crippen molar-refractivity contribution in [3.8, 4) is 0 Å². The van der Waals surface area contributed by atoms with E-state index in [1.807, 2.05) is 0 Å². The molecule has 2 amide bonds. The number of aryl methyl sites for hydroxylation is 1. The van der Waals surface area contributed by atoms with Gasteiger partial charge in [-0.2, -0.15) is 4.98 Å². The lowest BCUT2D eigenvalue weighted by Crippen LogP contribution is -2.45. The summed E-state index contributed by atoms with van der Waals surface area (Å²) in [5, 5.41) is 7.18. The van der Waals surface area contributed by atoms with Crippen molar-refractivity contribution in [1.82, 2.24) is 20.4 Å². The van der Waals surface area contributed by atoms with Gasteiger partial charge in [0.2, 0.25) is 17.7 Å². The molecular weight excluding hydrogens is 467 g/mol. The van der Waals surface area contributed by atoms with Crippen LogP contribution in [0.4, 0.5) is 4.39 Å². The molecule has 31 heavy (non-hydrogen) atoms. The molecule has 2 aromatic rings. The van der Waals surface area contributed by atoms with E-state index in [2.05, 4.69) is 31.4 Å². The van der Waals surface area contributed by atoms with E-state index in [1.165, 1.54) is 17.9 Å². The normalized spacial score (nSPS) is 15.9. The van der Waals surface area contributed by atoms with Crippen LogP contribution in [-0.4, -0.2) is 33.9 Å². The van der Waals surface area contributed by atoms with Gasteiger partial charge in [-0.25, -0.2) is 4.39 Å². The second-order valence-electron chi connectivity index (χ2n) is 8.17. The smallest absolute Gasteiger partial charge is 0.227 e. The van der Waals surface area contributed by atoms with Gasteiger partial charge in [-0.15, -0.1) is 0 Å². The number of carbonyl (C=O) groups excluding carboxylic acids is 2. The maximum atomic E-state index is 14.0. The Morgan fingerprint density at radius 3 is 2.65 bits per heavy atom. The van der Waals surface area contributed by atoms with Gasteiger partial charge in [0.1, 0.15) is 11.4 Å². The van der Waals surface area contributed by atoms with Crippen molar-refractivity contribution in [3.63, 3.8) is 0 Å². The summed E-state index contributed by atoms with van der Waals surface area (Å²) in [6, 6.07) is 4.66. The van der Waals surface area contributed by atoms with Gasteiger partial charge in [-0.1, -0.05) is 46.8 Å². The monoisotopic (exact) mass is 494 g/mol. The predicted octanol–water partition coefficient (Wildman–Crippen LogP) is 4.25. The van der Waals surface area contributed by atoms with Gasteiger partial charge in [0.05, 0.1) is 0 Å². The lowest BCUT2D eigenvalue weighted by molar-refractivity contribution is -0.130. The van der Waals surface area contributed by atoms with Crippen LogP contribution in [0.15, 0.2) is 27.2 Å². The Balaban J connectivity index is 1.62. The number of aromatic nitrogens is 2. The highest BCUT2D eigenvalue weighted by Crippen LogP contribution is 2.34. The Hall–Kier alpha value is -2.29. The van der Waals surface area contributed by atoms with Gasteiger partial charge < -0.3 is 14.7 Å². The van der Waals surface area contributed by atoms with Crippen LogP contribution in [0.3, 0.4) is 0 Å². The van der Waals surface area contributed by atoms with Crippen LogP contribution in [0.1, 0.15) is 69.1 Å². The molecule has 1 fully saturated rings. The Bertz CT molecular complexity index is 925. The van der Waals surface area contributed by atoms with E-state index in [1.54, 1.807) is 19.2 Å². The summed E-state index contributed by atoms with van der Waals surface area (Å²) in [6.07, 6.45) is 6.20. The number of nitrogens with one attached hydrogen (secondary N) is 1. The molecule has 1 N–H and O–H groups in total. The fourth-order valence-corrected chi connectivity index (χ4v) is 4.45. The largest absolute Gasteiger partial charge is 0.343 e. The van der Waals surface area contributed by atoms with E-state index in [-0.39, 0.29) is 37.0 Å². The lowest BCUT2D eigenvalue weighted by Gasteiger charge is -2.30. The van der Waals surface area contributed by atoms with Crippen LogP contribution < -0.4 is 5.32 Å². The van der Waals surface area contributed by atoms with Crippen molar-refractivity contribution in [1.29, 1.82) is 0 Å². The first-order valence-corrected chi connectivity index (χ1v) is 11.4. The molecule has 1 aliphatic carbocycles. The van der Waals surface area contributed by atoms with Crippen molar-refractivity contribution in [2.45, 2.75) is 70.4 Å². The lowest BCUT2D eigenvalue weighted by atomic mass is 9.89. The zero-order valence-corrected chi connectivity index (χ0v) is 19.5. The number of hydrogen-bond donors (Lipinski definition) is 1. The molecule has 1 saturated carbocycles. The van der Waals surface area contributed by atoms with Crippen LogP contribution in [0.2, 0.25) is 0 Å². The minimum atomic E-state index is -0.608. The summed E-state index contributed by atoms with van der Waals surface area (Å²) in [5.41, 5.74) is -0.167. The quantitative estimate of drug-likeness (QED) is 0.581. The summed E-state index contributed by atoms with van der Waals surface area (Å²) < 4.78 is 20.1. The minimum Gasteiger partial charge on any atom is -0.343 e. The van der Waals surface area contributed by atoms with Gasteiger partial charge in [-0.05, 0) is 31.0 Å². The molecular formula is C22H28BrFN4O3. The maximum absolute atomic E-state index is 14.0. The Labute approximate surface area is 189 Å². The van der Waals surface area contributed by atoms with Crippen molar-refractivity contribution in [2.24, 2.45) is 0 Å². The predicted molar refractivity (Wildman–Crippen MR) is 116 cm³/mol. The summed E-state index contributed by atoms with van der Waals surface area (Å²) in [4.78, 5) is 30.3. The molecule has 1 aliphatic rings. The minimum absolute atomic E-state index is 0.121. The highest BCUT2D eigenvalue weighted by Gasteiger charge is 2.38. The summed E-state index contributed by atoms with van der Waals surface area (Å²) in [6.45, 7) is 1.67. The third kappa shape index (κ3) is 6.12. The fourth-order valence-electron chi connectivity index (χ4n) is 4.04. The molecule has 7 nitrogen and oxygen atoms in total. The molecule has 0 spiro atoms. The van der Waals surface area contributed by atoms with E-state index in [9.17, 15) is 14.0 Å². The van der Waals surface area contributed by atoms with E-state index in [4.69, 9.17) is 4.52 Å². The summed E-state index contributed by atoms with van der Waals surface area (Å²) in [7, 11) is 1.64. The third-order valence-electron chi connectivity index (χ3n) is 5.66. The molecule has 1 aromatic heterocycles. The second-order valence-corrected chi connectivity index (χ2v) is 9.09. The topological polar surface area (TPSA) is 88.3 Å². The van der Waals surface area contributed by atoms with Crippen molar-refractivity contribution in [3.05, 3.63) is 45.8 Å². The van der Waals surface area contributed by atoms with Crippen molar-refractivity contribution >= 4 is 27.7 Å². The average molecular weight is 495 g/mol. The Morgan fingerprint density at radius 2 is 1.97 bits per heavy atom. The SMILES string of the molecule is CC(=O)NC1(c2noc(CCC(=O)N(C)Cc3cc(Br)ccc3F)n2)CCCCCC1. The molecule has 1 heterocycles. The van der Waals surface area contributed by atoms with Gasteiger partial charge in [-0.3, -0.25) is 9.59 Å². The van der Waals surface area contributed by atoms with Crippen molar-refractivity contribution in [2.75, 3.05) is 7.05 Å². The highest BCUT2D eigenvalue weighted by molar-refractivity contribution is 9.10. The molecule has 0 saturated heterocycles. The first-order chi connectivity index (χ1) is 14.8. The molecule has 0 radical (unpaired) electrons. The Kier molecular flexibility index (Phi) is 7.80. The van der Waals surface area contributed by atoms with Crippen LogP contribution in [-0.2, 0) is 28.1 Å². The maximum Gasteiger partial charge on any atom is 0.227 e. The molecule has 3 rings (SSSR count). The second kappa shape index (κ2) is 10.3. The van der Waals surface area contributed by atoms with E-state index < -0.39 is 5.54 Å². The van der Waals surface area contributed by atoms with Crippen LogP contribution in [0, 0.1) is 5.82 Å². The molecule has 1 aromatic carbocycles. The van der Waals surface area contributed by atoms with E-state index in [0.717, 1.165) is 43.0 Å². The van der Waals surface area contributed by atoms with Crippen LogP contribution in [0.5, 0.6) is 0 Å². The molecule has 0 aliphatic heterocycles. The van der Waals surface area contributed by atoms with Crippen molar-refractivity contribution < 1.29 is 18.5 Å². The average Bonchev–Trinajstić information content (AvgIpc) is 3.08. The molecule has 9 heteroatoms. The van der Waals surface area contributed by atoms with E-state index >= 15 is 0 Å². The number of carbonyl (C=O) groups is 2. The van der Waals surface area contributed by atoms with Gasteiger partial charge >= 0.3 is 0 Å². The summed E-state index contributed by atoms with van der Waals surface area (Å²) in [5.74, 6) is 0.224. The van der Waals surface area contributed by atoms with Gasteiger partial charge in [0, 0.05) is 43.4 Å². The first-order valence-electron chi connectivity index (χ1n) is 10.6. The van der Waals surface area contributed by atoms with Crippen LogP contribution >= 0.6 is 15.9 Å². The molecule has 168 valence electrons. The number of hydrogen-bond acceptors (Lipinski definition) is 5. The molecule has 0 unspecified atom stereocenters. The number of benzene rings is 1. The third-order valence-corrected chi connectivity index (χ3v) is 6.16. The first kappa shape index (κ1) is 23.4. The molecule has 0 atom stereocenters. The molecule has 0 bridgehead atoms. The standard InChI is InChI=1S/C22H28BrFN4O3/c1-15(29)26-22(11-5-3-4-6-12-22)21-25-19(31-27-21)9-10-20(30)28(2)14-16-13-17(23)7-8-18(16)24/h7-8,13H,3-6,9-12,14H2,1-2H3,(H,26,29). The number of rotatable bonds is 7. The fraction of sp³-hybridized carbons (Fsp3) is 0.545. The zero-order chi connectivity index (χ0) is 22.4. The zero-order valence-electron chi connectivity index (χ0n) is 17.9. The Morgan fingerprint density at radius 1 is 1.26 bits per heavy atom. The number of halogens is 2. The van der Waals surface area contributed by atoms with Crippen LogP contribution in [0.25, 0.3) is 0 Å². The van der Waals surface area contributed by atoms with Gasteiger partial charge in [0.15, 0.2) is 5.82 Å². The number of amides is 2. The number of nitrogens with zero attached hydrogens (tertiary/aromatic N) is 3. The van der Waals surface area contributed by atoms with Gasteiger partial charge in [0.25, 0.3) is 0 Å².